The summed E-state index contributed by atoms with van der Waals surface area (Å²) in [6, 6.07) is 0.428. The normalized spacial score (nSPS) is 52.2. The topological polar surface area (TPSA) is 46.2 Å². The molecule has 2 unspecified atom stereocenters. The minimum absolute atomic E-state index is 0.314. The third kappa shape index (κ3) is 2.56. The average molecular weight is 311 g/mol. The Morgan fingerprint density at radius 3 is 2.00 bits per heavy atom. The van der Waals surface area contributed by atoms with Gasteiger partial charge in [0.05, 0.1) is 11.5 Å². The van der Waals surface area contributed by atoms with Gasteiger partial charge < -0.3 is 5.32 Å². The molecule has 4 heteroatoms. The molecule has 3 nitrogen and oxygen atoms in total. The van der Waals surface area contributed by atoms with E-state index in [9.17, 15) is 8.42 Å². The van der Waals surface area contributed by atoms with E-state index in [0.717, 1.165) is 18.8 Å². The molecule has 2 atom stereocenters. The molecule has 0 radical (unpaired) electrons. The molecule has 21 heavy (non-hydrogen) atoms. The van der Waals surface area contributed by atoms with Crippen molar-refractivity contribution in [3.8, 4) is 0 Å². The van der Waals surface area contributed by atoms with Crippen LogP contribution in [0.25, 0.3) is 0 Å². The SMILES string of the molecule is CC12CC3CC(C)(C1)CC(NC1CCS(=O)(=O)CC1)(C3)C2. The lowest BCUT2D eigenvalue weighted by atomic mass is 9.42. The summed E-state index contributed by atoms with van der Waals surface area (Å²) in [4.78, 5) is 0. The van der Waals surface area contributed by atoms with Gasteiger partial charge in [0, 0.05) is 11.6 Å². The van der Waals surface area contributed by atoms with Gasteiger partial charge in [-0.2, -0.15) is 0 Å². The van der Waals surface area contributed by atoms with E-state index >= 15 is 0 Å². The maximum absolute atomic E-state index is 11.6. The van der Waals surface area contributed by atoms with Gasteiger partial charge in [-0.25, -0.2) is 8.42 Å². The Bertz CT molecular complexity index is 523. The van der Waals surface area contributed by atoms with Crippen LogP contribution in [0.5, 0.6) is 0 Å². The summed E-state index contributed by atoms with van der Waals surface area (Å²) in [6.45, 7) is 5.00. The minimum Gasteiger partial charge on any atom is -0.308 e. The summed E-state index contributed by atoms with van der Waals surface area (Å²) in [7, 11) is -2.75. The van der Waals surface area contributed by atoms with Crippen molar-refractivity contribution in [3.63, 3.8) is 0 Å². The minimum atomic E-state index is -2.75. The zero-order chi connectivity index (χ0) is 14.9. The molecule has 0 amide bonds. The zero-order valence-corrected chi connectivity index (χ0v) is 14.3. The number of hydrogen-bond donors (Lipinski definition) is 1. The van der Waals surface area contributed by atoms with Crippen molar-refractivity contribution in [2.75, 3.05) is 11.5 Å². The van der Waals surface area contributed by atoms with Gasteiger partial charge in [-0.15, -0.1) is 0 Å². The number of nitrogens with one attached hydrogen (secondary N) is 1. The molecule has 0 aromatic carbocycles. The maximum atomic E-state index is 11.6. The van der Waals surface area contributed by atoms with Crippen LogP contribution in [0.2, 0.25) is 0 Å². The summed E-state index contributed by atoms with van der Waals surface area (Å²) in [6.07, 6.45) is 9.85. The van der Waals surface area contributed by atoms with E-state index < -0.39 is 9.84 Å². The summed E-state index contributed by atoms with van der Waals surface area (Å²) in [5.41, 5.74) is 1.37. The molecule has 5 fully saturated rings. The van der Waals surface area contributed by atoms with Gasteiger partial charge >= 0.3 is 0 Å². The molecule has 0 spiro atoms. The van der Waals surface area contributed by atoms with Gasteiger partial charge in [0.1, 0.15) is 9.84 Å². The smallest absolute Gasteiger partial charge is 0.150 e. The zero-order valence-electron chi connectivity index (χ0n) is 13.5. The van der Waals surface area contributed by atoms with Crippen LogP contribution in [0.15, 0.2) is 0 Å². The quantitative estimate of drug-likeness (QED) is 0.853. The first-order valence-corrected chi connectivity index (χ1v) is 10.5. The fourth-order valence-corrected chi connectivity index (χ4v) is 8.57. The van der Waals surface area contributed by atoms with Crippen molar-refractivity contribution in [1.29, 1.82) is 0 Å². The number of sulfone groups is 1. The molecule has 1 saturated heterocycles. The van der Waals surface area contributed by atoms with Gasteiger partial charge in [0.15, 0.2) is 0 Å². The molecular formula is C17H29NO2S. The van der Waals surface area contributed by atoms with E-state index in [1.807, 2.05) is 0 Å². The van der Waals surface area contributed by atoms with E-state index in [2.05, 4.69) is 19.2 Å². The largest absolute Gasteiger partial charge is 0.308 e. The van der Waals surface area contributed by atoms with E-state index in [1.54, 1.807) is 0 Å². The number of rotatable bonds is 2. The molecule has 0 aromatic rings. The second-order valence-electron chi connectivity index (χ2n) is 9.48. The molecule has 4 saturated carbocycles. The molecule has 0 aromatic heterocycles. The molecule has 1 N–H and O–H groups in total. The van der Waals surface area contributed by atoms with E-state index in [-0.39, 0.29) is 0 Å². The molecule has 120 valence electrons. The first-order valence-electron chi connectivity index (χ1n) is 8.67. The van der Waals surface area contributed by atoms with Gasteiger partial charge in [-0.05, 0) is 68.1 Å². The fourth-order valence-electron chi connectivity index (χ4n) is 7.08. The van der Waals surface area contributed by atoms with Crippen LogP contribution in [0.3, 0.4) is 0 Å². The monoisotopic (exact) mass is 311 g/mol. The summed E-state index contributed by atoms with van der Waals surface area (Å²) in [5.74, 6) is 1.67. The molecule has 4 bridgehead atoms. The Labute approximate surface area is 129 Å². The van der Waals surface area contributed by atoms with Crippen molar-refractivity contribution >= 4 is 9.84 Å². The summed E-state index contributed by atoms with van der Waals surface area (Å²) in [5, 5.41) is 3.99. The van der Waals surface area contributed by atoms with Crippen molar-refractivity contribution in [2.24, 2.45) is 16.7 Å². The van der Waals surface area contributed by atoms with E-state index in [0.29, 0.717) is 33.9 Å². The van der Waals surface area contributed by atoms with E-state index in [1.165, 1.54) is 38.5 Å². The summed E-state index contributed by atoms with van der Waals surface area (Å²) < 4.78 is 23.3. The Balaban J connectivity index is 1.52. The second-order valence-corrected chi connectivity index (χ2v) is 11.8. The third-order valence-corrected chi connectivity index (χ3v) is 8.41. The van der Waals surface area contributed by atoms with Crippen LogP contribution in [0.4, 0.5) is 0 Å². The van der Waals surface area contributed by atoms with Crippen molar-refractivity contribution in [2.45, 2.75) is 76.8 Å². The first kappa shape index (κ1) is 14.5. The molecule has 5 rings (SSSR count). The van der Waals surface area contributed by atoms with Crippen molar-refractivity contribution in [1.82, 2.24) is 5.32 Å². The molecule has 1 aliphatic heterocycles. The van der Waals surface area contributed by atoms with Gasteiger partial charge in [0.2, 0.25) is 0 Å². The third-order valence-electron chi connectivity index (χ3n) is 6.69. The lowest BCUT2D eigenvalue weighted by molar-refractivity contribution is -0.121. The summed E-state index contributed by atoms with van der Waals surface area (Å²) >= 11 is 0. The van der Waals surface area contributed by atoms with Gasteiger partial charge in [0.25, 0.3) is 0 Å². The lowest BCUT2D eigenvalue weighted by Crippen LogP contribution is -2.66. The Kier molecular flexibility index (Phi) is 2.94. The Morgan fingerprint density at radius 1 is 0.905 bits per heavy atom. The fraction of sp³-hybridized carbons (Fsp3) is 1.00. The second kappa shape index (κ2) is 4.25. The number of hydrogen-bond acceptors (Lipinski definition) is 3. The first-order chi connectivity index (χ1) is 9.69. The van der Waals surface area contributed by atoms with Crippen LogP contribution in [0.1, 0.15) is 65.2 Å². The molecule has 4 aliphatic carbocycles. The van der Waals surface area contributed by atoms with Crippen LogP contribution >= 0.6 is 0 Å². The van der Waals surface area contributed by atoms with Crippen molar-refractivity contribution in [3.05, 3.63) is 0 Å². The van der Waals surface area contributed by atoms with Crippen LogP contribution in [-0.2, 0) is 9.84 Å². The highest BCUT2D eigenvalue weighted by atomic mass is 32.2. The van der Waals surface area contributed by atoms with Crippen molar-refractivity contribution < 1.29 is 8.42 Å². The van der Waals surface area contributed by atoms with E-state index in [4.69, 9.17) is 0 Å². The van der Waals surface area contributed by atoms with Crippen LogP contribution in [-0.4, -0.2) is 31.5 Å². The maximum Gasteiger partial charge on any atom is 0.150 e. The highest BCUT2D eigenvalue weighted by Crippen LogP contribution is 2.66. The van der Waals surface area contributed by atoms with Crippen LogP contribution < -0.4 is 5.32 Å². The lowest BCUT2D eigenvalue weighted by Gasteiger charge is -2.66. The highest BCUT2D eigenvalue weighted by Gasteiger charge is 2.60. The highest BCUT2D eigenvalue weighted by molar-refractivity contribution is 7.91. The Hall–Kier alpha value is -0.0900. The van der Waals surface area contributed by atoms with Gasteiger partial charge in [-0.3, -0.25) is 0 Å². The van der Waals surface area contributed by atoms with Crippen LogP contribution in [0, 0.1) is 16.7 Å². The predicted octanol–water partition coefficient (Wildman–Crippen LogP) is 2.90. The molecular weight excluding hydrogens is 282 g/mol. The molecule has 1 heterocycles. The Morgan fingerprint density at radius 2 is 1.48 bits per heavy atom. The predicted molar refractivity (Wildman–Crippen MR) is 84.9 cm³/mol. The molecule has 5 aliphatic rings. The standard InChI is InChI=1S/C17H29NO2S/c1-15-7-13-8-16(2,10-15)12-17(9-13,11-15)18-14-3-5-21(19,20)6-4-14/h13-14,18H,3-12H2,1-2H3. The van der Waals surface area contributed by atoms with Gasteiger partial charge in [-0.1, -0.05) is 13.8 Å². The average Bonchev–Trinajstić information content (AvgIpc) is 2.27.